The van der Waals surface area contributed by atoms with Crippen molar-refractivity contribution in [2.75, 3.05) is 7.11 Å². The summed E-state index contributed by atoms with van der Waals surface area (Å²) < 4.78 is 69.4. The lowest BCUT2D eigenvalue weighted by atomic mass is 10.1. The first-order chi connectivity index (χ1) is 9.58. The Labute approximate surface area is 112 Å². The molecule has 0 aromatic carbocycles. The van der Waals surface area contributed by atoms with E-state index in [1.165, 1.54) is 0 Å². The van der Waals surface area contributed by atoms with E-state index >= 15 is 0 Å². The maximum atomic E-state index is 12.9. The van der Waals surface area contributed by atoms with Gasteiger partial charge in [-0.05, 0) is 0 Å². The average Bonchev–Trinajstić information content (AvgIpc) is 2.34. The molecule has 0 spiro atoms. The van der Waals surface area contributed by atoms with E-state index in [2.05, 4.69) is 14.5 Å². The van der Waals surface area contributed by atoms with Gasteiger partial charge in [0, 0.05) is 0 Å². The maximum Gasteiger partial charge on any atom is 0.573 e. The molecule has 1 heterocycles. The number of ether oxygens (including phenoxy) is 2. The molecule has 1 aromatic rings. The molecule has 0 bridgehead atoms. The van der Waals surface area contributed by atoms with E-state index < -0.39 is 46.4 Å². The van der Waals surface area contributed by atoms with Crippen molar-refractivity contribution in [2.24, 2.45) is 0 Å². The van der Waals surface area contributed by atoms with Gasteiger partial charge in [0.2, 0.25) is 5.75 Å². The largest absolute Gasteiger partial charge is 0.573 e. The monoisotopic (exact) mass is 316 g/mol. The fourth-order valence-electron chi connectivity index (χ4n) is 1.35. The molecule has 0 saturated carbocycles. The van der Waals surface area contributed by atoms with Crippen LogP contribution in [0.1, 0.15) is 22.5 Å². The number of hydrogen-bond donors (Lipinski definition) is 0. The van der Waals surface area contributed by atoms with Gasteiger partial charge in [-0.25, -0.2) is 18.6 Å². The second-order valence-electron chi connectivity index (χ2n) is 3.33. The van der Waals surface area contributed by atoms with Crippen LogP contribution in [0, 0.1) is 10.1 Å². The van der Waals surface area contributed by atoms with Crippen molar-refractivity contribution in [3.63, 3.8) is 0 Å². The third-order valence-electron chi connectivity index (χ3n) is 2.06. The molecule has 0 N–H and O–H groups in total. The van der Waals surface area contributed by atoms with Crippen molar-refractivity contribution in [2.45, 2.75) is 12.8 Å². The van der Waals surface area contributed by atoms with E-state index in [9.17, 15) is 36.9 Å². The van der Waals surface area contributed by atoms with Crippen LogP contribution in [0.4, 0.5) is 27.6 Å². The summed E-state index contributed by atoms with van der Waals surface area (Å²) in [7, 11) is 0.783. The Morgan fingerprint density at radius 3 is 2.38 bits per heavy atom. The van der Waals surface area contributed by atoms with Gasteiger partial charge in [0.1, 0.15) is 5.56 Å². The van der Waals surface area contributed by atoms with Gasteiger partial charge in [-0.15, -0.1) is 13.2 Å². The number of alkyl halides is 5. The highest BCUT2D eigenvalue weighted by molar-refractivity contribution is 5.90. The zero-order valence-corrected chi connectivity index (χ0v) is 9.98. The highest BCUT2D eigenvalue weighted by Gasteiger charge is 2.40. The lowest BCUT2D eigenvalue weighted by Gasteiger charge is -2.12. The SMILES string of the molecule is COC(=O)c1ncc(OC(F)(F)F)c([N+](=O)[O-])c1C(F)F. The number of nitrogens with zero attached hydrogens (tertiary/aromatic N) is 2. The van der Waals surface area contributed by atoms with Gasteiger partial charge in [-0.1, -0.05) is 0 Å². The van der Waals surface area contributed by atoms with Crippen molar-refractivity contribution in [3.8, 4) is 5.75 Å². The standard InChI is InChI=1S/C9H5F5N2O5/c1-20-8(17)5-4(7(10)11)6(16(18)19)3(2-15-5)21-9(12,13)14/h2,7H,1H3. The molecule has 116 valence electrons. The first-order valence-electron chi connectivity index (χ1n) is 4.88. The van der Waals surface area contributed by atoms with Gasteiger partial charge in [-0.2, -0.15) is 0 Å². The summed E-state index contributed by atoms with van der Waals surface area (Å²) in [4.78, 5) is 23.4. The molecule has 0 radical (unpaired) electrons. The maximum absolute atomic E-state index is 12.9. The van der Waals surface area contributed by atoms with Crippen LogP contribution in [0.15, 0.2) is 6.20 Å². The van der Waals surface area contributed by atoms with Crippen LogP contribution in [0.25, 0.3) is 0 Å². The van der Waals surface area contributed by atoms with Crippen molar-refractivity contribution < 1.29 is 41.1 Å². The molecule has 0 fully saturated rings. The minimum atomic E-state index is -5.36. The summed E-state index contributed by atoms with van der Waals surface area (Å²) in [6, 6.07) is 0. The Balaban J connectivity index is 3.61. The molecule has 12 heteroatoms. The Morgan fingerprint density at radius 1 is 1.43 bits per heavy atom. The Hall–Kier alpha value is -2.53. The number of halogens is 5. The average molecular weight is 316 g/mol. The summed E-state index contributed by atoms with van der Waals surface area (Å²) in [6.45, 7) is 0. The lowest BCUT2D eigenvalue weighted by Crippen LogP contribution is -2.20. The van der Waals surface area contributed by atoms with E-state index in [-0.39, 0.29) is 6.20 Å². The van der Waals surface area contributed by atoms with Crippen LogP contribution in [0.3, 0.4) is 0 Å². The number of carbonyl (C=O) groups is 1. The number of pyridine rings is 1. The van der Waals surface area contributed by atoms with Crippen LogP contribution in [0.5, 0.6) is 5.75 Å². The number of esters is 1. The normalized spacial score (nSPS) is 11.4. The van der Waals surface area contributed by atoms with Crippen LogP contribution >= 0.6 is 0 Å². The molecule has 0 aliphatic rings. The number of rotatable bonds is 4. The van der Waals surface area contributed by atoms with E-state index in [4.69, 9.17) is 0 Å². The minimum Gasteiger partial charge on any atom is -0.464 e. The lowest BCUT2D eigenvalue weighted by molar-refractivity contribution is -0.390. The molecule has 0 aliphatic heterocycles. The quantitative estimate of drug-likeness (QED) is 0.367. The zero-order valence-electron chi connectivity index (χ0n) is 9.98. The van der Waals surface area contributed by atoms with Crippen molar-refractivity contribution in [1.82, 2.24) is 4.98 Å². The zero-order chi connectivity index (χ0) is 16.4. The third-order valence-corrected chi connectivity index (χ3v) is 2.06. The third kappa shape index (κ3) is 3.73. The smallest absolute Gasteiger partial charge is 0.464 e. The number of methoxy groups -OCH3 is 1. The number of nitro groups is 1. The molecular formula is C9H5F5N2O5. The summed E-state index contributed by atoms with van der Waals surface area (Å²) in [5.74, 6) is -3.03. The highest BCUT2D eigenvalue weighted by Crippen LogP contribution is 2.40. The first-order valence-corrected chi connectivity index (χ1v) is 4.88. The highest BCUT2D eigenvalue weighted by atomic mass is 19.4. The topological polar surface area (TPSA) is 91.6 Å². The number of aromatic nitrogens is 1. The van der Waals surface area contributed by atoms with E-state index in [0.717, 1.165) is 7.11 Å². The van der Waals surface area contributed by atoms with E-state index in [1.807, 2.05) is 0 Å². The van der Waals surface area contributed by atoms with Crippen LogP contribution in [-0.2, 0) is 4.74 Å². The number of hydrogen-bond acceptors (Lipinski definition) is 6. The molecule has 0 aliphatic carbocycles. The summed E-state index contributed by atoms with van der Waals surface area (Å²) in [6.07, 6.45) is -8.87. The van der Waals surface area contributed by atoms with Gasteiger partial charge in [0.05, 0.1) is 18.2 Å². The number of carbonyl (C=O) groups excluding carboxylic acids is 1. The summed E-state index contributed by atoms with van der Waals surface area (Å²) >= 11 is 0. The second-order valence-corrected chi connectivity index (χ2v) is 3.33. The molecule has 0 atom stereocenters. The van der Waals surface area contributed by atoms with Crippen LogP contribution in [-0.4, -0.2) is 29.3 Å². The Bertz CT molecular complexity index is 574. The Morgan fingerprint density at radius 2 is 2.00 bits per heavy atom. The molecular weight excluding hydrogens is 311 g/mol. The van der Waals surface area contributed by atoms with Gasteiger partial charge in [-0.3, -0.25) is 10.1 Å². The minimum absolute atomic E-state index is 0.143. The van der Waals surface area contributed by atoms with Crippen molar-refractivity contribution in [1.29, 1.82) is 0 Å². The van der Waals surface area contributed by atoms with Gasteiger partial charge < -0.3 is 9.47 Å². The summed E-state index contributed by atoms with van der Waals surface area (Å²) in [5, 5.41) is 10.7. The molecule has 1 aromatic heterocycles. The van der Waals surface area contributed by atoms with Crippen molar-refractivity contribution in [3.05, 3.63) is 27.6 Å². The van der Waals surface area contributed by atoms with Crippen LogP contribution < -0.4 is 4.74 Å². The van der Waals surface area contributed by atoms with Gasteiger partial charge in [0.15, 0.2) is 5.69 Å². The van der Waals surface area contributed by atoms with E-state index in [1.54, 1.807) is 0 Å². The molecule has 0 unspecified atom stereocenters. The molecule has 7 nitrogen and oxygen atoms in total. The summed E-state index contributed by atoms with van der Waals surface area (Å²) in [5.41, 5.74) is -4.50. The van der Waals surface area contributed by atoms with Crippen LogP contribution in [0.2, 0.25) is 0 Å². The fourth-order valence-corrected chi connectivity index (χ4v) is 1.35. The van der Waals surface area contributed by atoms with Gasteiger partial charge >= 0.3 is 18.0 Å². The first kappa shape index (κ1) is 16.5. The fraction of sp³-hybridized carbons (Fsp3) is 0.333. The van der Waals surface area contributed by atoms with Crippen molar-refractivity contribution >= 4 is 11.7 Å². The molecule has 0 saturated heterocycles. The molecule has 0 amide bonds. The second kappa shape index (κ2) is 5.85. The predicted octanol–water partition coefficient (Wildman–Crippen LogP) is 2.61. The molecule has 21 heavy (non-hydrogen) atoms. The molecule has 1 rings (SSSR count). The van der Waals surface area contributed by atoms with Gasteiger partial charge in [0.25, 0.3) is 6.43 Å². The predicted molar refractivity (Wildman–Crippen MR) is 53.9 cm³/mol. The Kier molecular flexibility index (Phi) is 4.60. The van der Waals surface area contributed by atoms with E-state index in [0.29, 0.717) is 0 Å².